The molecule has 1 aromatic heterocycles. The second-order valence-corrected chi connectivity index (χ2v) is 10.6. The van der Waals surface area contributed by atoms with Gasteiger partial charge in [0.2, 0.25) is 0 Å². The molecule has 3 heterocycles. The Hall–Kier alpha value is -2.41. The van der Waals surface area contributed by atoms with E-state index in [9.17, 15) is 0 Å². The Morgan fingerprint density at radius 2 is 1.86 bits per heavy atom. The first-order valence-corrected chi connectivity index (χ1v) is 13.2. The molecule has 0 aliphatic carbocycles. The van der Waals surface area contributed by atoms with Crippen LogP contribution in [0, 0.1) is 11.8 Å². The van der Waals surface area contributed by atoms with Gasteiger partial charge in [0.15, 0.2) is 5.58 Å². The maximum atomic E-state index is 6.25. The average molecular weight is 478 g/mol. The summed E-state index contributed by atoms with van der Waals surface area (Å²) in [4.78, 5) is 4.75. The number of nitrogens with zero attached hydrogens (tertiary/aromatic N) is 3. The molecular formula is C29H39N3O3. The first-order chi connectivity index (χ1) is 17.2. The summed E-state index contributed by atoms with van der Waals surface area (Å²) in [5.41, 5.74) is 4.47. The van der Waals surface area contributed by atoms with Crippen molar-refractivity contribution in [1.29, 1.82) is 0 Å². The van der Waals surface area contributed by atoms with E-state index < -0.39 is 0 Å². The van der Waals surface area contributed by atoms with Gasteiger partial charge in [-0.3, -0.25) is 4.90 Å². The summed E-state index contributed by atoms with van der Waals surface area (Å²) in [6, 6.07) is 15.1. The highest BCUT2D eigenvalue weighted by molar-refractivity contribution is 5.84. The molecule has 0 radical (unpaired) electrons. The molecule has 1 atom stereocenters. The third kappa shape index (κ3) is 6.24. The highest BCUT2D eigenvalue weighted by atomic mass is 16.5. The SMILES string of the molecule is CN(C)Cc1c(OCC2CCOC2)ccc2c(CCC3CCN(Cc4ccccc4)CC3)noc12. The van der Waals surface area contributed by atoms with E-state index in [1.54, 1.807) is 0 Å². The number of hydrogen-bond donors (Lipinski definition) is 0. The van der Waals surface area contributed by atoms with E-state index in [0.717, 1.165) is 73.0 Å². The molecule has 0 N–H and O–H groups in total. The van der Waals surface area contributed by atoms with Crippen molar-refractivity contribution in [2.24, 2.45) is 11.8 Å². The molecule has 6 nitrogen and oxygen atoms in total. The molecule has 0 saturated carbocycles. The van der Waals surface area contributed by atoms with E-state index in [-0.39, 0.29) is 0 Å². The van der Waals surface area contributed by atoms with E-state index in [0.29, 0.717) is 12.5 Å². The van der Waals surface area contributed by atoms with Crippen LogP contribution in [0.1, 0.15) is 42.5 Å². The molecule has 0 spiro atoms. The van der Waals surface area contributed by atoms with Crippen LogP contribution in [0.4, 0.5) is 0 Å². The minimum atomic E-state index is 0.474. The molecule has 0 bridgehead atoms. The summed E-state index contributed by atoms with van der Waals surface area (Å²) >= 11 is 0. The Balaban J connectivity index is 1.19. The van der Waals surface area contributed by atoms with Crippen molar-refractivity contribution in [1.82, 2.24) is 15.0 Å². The predicted octanol–water partition coefficient (Wildman–Crippen LogP) is 5.15. The van der Waals surface area contributed by atoms with Crippen LogP contribution in [0.5, 0.6) is 5.75 Å². The third-order valence-electron chi connectivity index (χ3n) is 7.49. The van der Waals surface area contributed by atoms with Crippen molar-refractivity contribution in [3.05, 3.63) is 59.3 Å². The number of hydrogen-bond acceptors (Lipinski definition) is 6. The summed E-state index contributed by atoms with van der Waals surface area (Å²) in [5.74, 6) is 2.14. The van der Waals surface area contributed by atoms with Crippen LogP contribution in [0.3, 0.4) is 0 Å². The van der Waals surface area contributed by atoms with Gasteiger partial charge in [-0.05, 0) is 82.9 Å². The minimum Gasteiger partial charge on any atom is -0.493 e. The topological polar surface area (TPSA) is 51.0 Å². The normalized spacial score (nSPS) is 19.7. The van der Waals surface area contributed by atoms with Crippen LogP contribution >= 0.6 is 0 Å². The molecule has 0 amide bonds. The van der Waals surface area contributed by atoms with Crippen LogP contribution in [-0.2, 0) is 24.2 Å². The van der Waals surface area contributed by atoms with Crippen LogP contribution < -0.4 is 4.74 Å². The van der Waals surface area contributed by atoms with Crippen molar-refractivity contribution >= 4 is 11.0 Å². The van der Waals surface area contributed by atoms with Gasteiger partial charge in [-0.25, -0.2) is 0 Å². The maximum absolute atomic E-state index is 6.25. The summed E-state index contributed by atoms with van der Waals surface area (Å²) < 4.78 is 17.7. The van der Waals surface area contributed by atoms with Gasteiger partial charge >= 0.3 is 0 Å². The van der Waals surface area contributed by atoms with Gasteiger partial charge in [-0.15, -0.1) is 0 Å². The number of fused-ring (bicyclic) bond motifs is 1. The highest BCUT2D eigenvalue weighted by Crippen LogP contribution is 2.33. The van der Waals surface area contributed by atoms with Crippen LogP contribution in [0.25, 0.3) is 11.0 Å². The molecule has 6 heteroatoms. The largest absolute Gasteiger partial charge is 0.493 e. The Morgan fingerprint density at radius 1 is 1.03 bits per heavy atom. The van der Waals surface area contributed by atoms with Crippen molar-refractivity contribution in [2.75, 3.05) is 47.0 Å². The summed E-state index contributed by atoms with van der Waals surface area (Å²) in [7, 11) is 4.16. The zero-order valence-electron chi connectivity index (χ0n) is 21.2. The van der Waals surface area contributed by atoms with Gasteiger partial charge in [0, 0.05) is 31.0 Å². The van der Waals surface area contributed by atoms with Gasteiger partial charge in [-0.1, -0.05) is 35.5 Å². The number of likely N-dealkylation sites (tertiary alicyclic amines) is 1. The molecule has 188 valence electrons. The number of aryl methyl sites for hydroxylation is 1. The van der Waals surface area contributed by atoms with Gasteiger partial charge < -0.3 is 18.9 Å². The maximum Gasteiger partial charge on any atom is 0.175 e. The molecule has 3 aromatic rings. The molecule has 1 unspecified atom stereocenters. The van der Waals surface area contributed by atoms with Crippen LogP contribution in [0.2, 0.25) is 0 Å². The highest BCUT2D eigenvalue weighted by Gasteiger charge is 2.23. The molecule has 35 heavy (non-hydrogen) atoms. The molecule has 2 saturated heterocycles. The van der Waals surface area contributed by atoms with Crippen LogP contribution in [0.15, 0.2) is 47.0 Å². The fourth-order valence-corrected chi connectivity index (χ4v) is 5.41. The average Bonchev–Trinajstić information content (AvgIpc) is 3.54. The number of rotatable bonds is 10. The first kappa shape index (κ1) is 24.3. The lowest BCUT2D eigenvalue weighted by molar-refractivity contribution is 0.166. The van der Waals surface area contributed by atoms with Crippen molar-refractivity contribution in [2.45, 2.75) is 45.2 Å². The monoisotopic (exact) mass is 477 g/mol. The van der Waals surface area contributed by atoms with E-state index in [2.05, 4.69) is 71.5 Å². The standard InChI is InChI=1S/C29H39N3O3/c1-31(2)19-26-28(34-21-24-14-17-33-20-24)11-9-25-27(30-35-29(25)26)10-8-22-12-15-32(16-13-22)18-23-6-4-3-5-7-23/h3-7,9,11,22,24H,8,10,12-21H2,1-2H3. The molecule has 2 aromatic carbocycles. The van der Waals surface area contributed by atoms with Crippen molar-refractivity contribution in [3.8, 4) is 5.75 Å². The second-order valence-electron chi connectivity index (χ2n) is 10.6. The fraction of sp³-hybridized carbons (Fsp3) is 0.552. The zero-order chi connectivity index (χ0) is 24.0. The summed E-state index contributed by atoms with van der Waals surface area (Å²) in [6.07, 6.45) is 5.73. The Kier molecular flexibility index (Phi) is 8.02. The summed E-state index contributed by atoms with van der Waals surface area (Å²) in [6.45, 7) is 6.52. The van der Waals surface area contributed by atoms with Crippen LogP contribution in [-0.4, -0.2) is 62.0 Å². The Morgan fingerprint density at radius 3 is 2.60 bits per heavy atom. The molecule has 5 rings (SSSR count). The molecule has 2 aliphatic rings. The van der Waals surface area contributed by atoms with Gasteiger partial charge in [0.25, 0.3) is 0 Å². The lowest BCUT2D eigenvalue weighted by Gasteiger charge is -2.32. The number of benzene rings is 2. The Labute approximate surface area is 209 Å². The lowest BCUT2D eigenvalue weighted by Crippen LogP contribution is -2.33. The quantitative estimate of drug-likeness (QED) is 0.403. The van der Waals surface area contributed by atoms with E-state index in [1.165, 1.54) is 37.9 Å². The Bertz CT molecular complexity index is 1070. The predicted molar refractivity (Wildman–Crippen MR) is 139 cm³/mol. The van der Waals surface area contributed by atoms with Gasteiger partial charge in [0.1, 0.15) is 5.75 Å². The van der Waals surface area contributed by atoms with Crippen molar-refractivity contribution in [3.63, 3.8) is 0 Å². The minimum absolute atomic E-state index is 0.474. The summed E-state index contributed by atoms with van der Waals surface area (Å²) in [5, 5.41) is 5.66. The zero-order valence-corrected chi connectivity index (χ0v) is 21.2. The van der Waals surface area contributed by atoms with Crippen molar-refractivity contribution < 1.29 is 14.0 Å². The number of piperidine rings is 1. The van der Waals surface area contributed by atoms with E-state index in [1.807, 2.05) is 0 Å². The van der Waals surface area contributed by atoms with Gasteiger partial charge in [0.05, 0.1) is 24.5 Å². The molecule has 2 aliphatic heterocycles. The lowest BCUT2D eigenvalue weighted by atomic mass is 9.91. The first-order valence-electron chi connectivity index (χ1n) is 13.2. The van der Waals surface area contributed by atoms with E-state index >= 15 is 0 Å². The molecule has 2 fully saturated rings. The van der Waals surface area contributed by atoms with Gasteiger partial charge in [-0.2, -0.15) is 0 Å². The number of aromatic nitrogens is 1. The third-order valence-corrected chi connectivity index (χ3v) is 7.49. The number of ether oxygens (including phenoxy) is 2. The molecular weight excluding hydrogens is 438 g/mol. The smallest absolute Gasteiger partial charge is 0.175 e. The van der Waals surface area contributed by atoms with E-state index in [4.69, 9.17) is 14.0 Å². The second kappa shape index (κ2) is 11.5. The fourth-order valence-electron chi connectivity index (χ4n) is 5.41.